The van der Waals surface area contributed by atoms with E-state index in [2.05, 4.69) is 15.9 Å². The van der Waals surface area contributed by atoms with Crippen LogP contribution in [-0.2, 0) is 0 Å². The van der Waals surface area contributed by atoms with Crippen LogP contribution in [0.15, 0.2) is 34.1 Å². The van der Waals surface area contributed by atoms with Crippen molar-refractivity contribution < 1.29 is 14.5 Å². The van der Waals surface area contributed by atoms with Crippen molar-refractivity contribution in [3.8, 4) is 5.75 Å². The molecule has 2 aromatic rings. The number of carbonyl (C=O) groups excluding carboxylic acids is 1. The van der Waals surface area contributed by atoms with Gasteiger partial charge in [-0.25, -0.2) is 0 Å². The fraction of sp³-hybridized carbons (Fsp3) is 0.0833. The third kappa shape index (κ3) is 3.17. The lowest BCUT2D eigenvalue weighted by molar-refractivity contribution is -0.385. The number of nitrogens with zero attached hydrogens (tertiary/aromatic N) is 1. The van der Waals surface area contributed by atoms with Gasteiger partial charge < -0.3 is 4.74 Å². The fourth-order valence-corrected chi connectivity index (χ4v) is 3.22. The monoisotopic (exact) mass is 375 g/mol. The number of nitro benzene ring substituents is 1. The summed E-state index contributed by atoms with van der Waals surface area (Å²) in [6, 6.07) is 5.93. The first-order valence-corrected chi connectivity index (χ1v) is 7.37. The van der Waals surface area contributed by atoms with Gasteiger partial charge in [-0.05, 0) is 33.4 Å². The summed E-state index contributed by atoms with van der Waals surface area (Å²) in [5.74, 6) is -0.374. The second kappa shape index (κ2) is 6.34. The molecule has 0 unspecified atom stereocenters. The van der Waals surface area contributed by atoms with Crippen molar-refractivity contribution in [2.75, 3.05) is 6.61 Å². The van der Waals surface area contributed by atoms with Crippen molar-refractivity contribution in [1.29, 1.82) is 0 Å². The molecule has 2 rings (SSSR count). The Morgan fingerprint density at radius 3 is 2.80 bits per heavy atom. The maximum Gasteiger partial charge on any atom is 0.312 e. The number of benzene rings is 1. The van der Waals surface area contributed by atoms with Crippen LogP contribution < -0.4 is 4.74 Å². The molecule has 0 amide bonds. The maximum atomic E-state index is 11.9. The molecular formula is C12H7BrClNO4S. The van der Waals surface area contributed by atoms with Crippen LogP contribution in [0.5, 0.6) is 5.75 Å². The maximum absolute atomic E-state index is 11.9. The summed E-state index contributed by atoms with van der Waals surface area (Å²) in [5.41, 5.74) is -0.268. The van der Waals surface area contributed by atoms with Gasteiger partial charge in [0.1, 0.15) is 0 Å². The molecule has 0 fully saturated rings. The smallest absolute Gasteiger partial charge is 0.312 e. The van der Waals surface area contributed by atoms with Crippen molar-refractivity contribution in [3.63, 3.8) is 0 Å². The van der Waals surface area contributed by atoms with E-state index in [-0.39, 0.29) is 28.8 Å². The first-order valence-electron chi connectivity index (χ1n) is 5.32. The lowest BCUT2D eigenvalue weighted by Gasteiger charge is -2.07. The fourth-order valence-electron chi connectivity index (χ4n) is 1.48. The SMILES string of the molecule is O=C(COc1c(Cl)cccc1[N+](=O)[O-])c1sccc1Br. The van der Waals surface area contributed by atoms with E-state index in [0.717, 1.165) is 0 Å². The molecule has 0 radical (unpaired) electrons. The molecule has 0 aliphatic rings. The number of halogens is 2. The standard InChI is InChI=1S/C12H7BrClNO4S/c13-7-4-5-20-12(7)10(16)6-19-11-8(14)2-1-3-9(11)15(17)18/h1-5H,6H2. The van der Waals surface area contributed by atoms with Crippen LogP contribution in [0.2, 0.25) is 5.02 Å². The molecule has 0 aliphatic carbocycles. The Balaban J connectivity index is 2.18. The number of ketones is 1. The van der Waals surface area contributed by atoms with Crippen LogP contribution in [-0.4, -0.2) is 17.3 Å². The molecule has 1 aromatic carbocycles. The summed E-state index contributed by atoms with van der Waals surface area (Å²) >= 11 is 10.4. The number of hydrogen-bond acceptors (Lipinski definition) is 5. The molecular weight excluding hydrogens is 370 g/mol. The van der Waals surface area contributed by atoms with Crippen LogP contribution in [0, 0.1) is 10.1 Å². The highest BCUT2D eigenvalue weighted by Crippen LogP contribution is 2.34. The number of ether oxygens (including phenoxy) is 1. The molecule has 5 nitrogen and oxygen atoms in total. The Labute approximate surface area is 131 Å². The topological polar surface area (TPSA) is 69.4 Å². The number of carbonyl (C=O) groups is 1. The minimum absolute atomic E-state index is 0.0947. The van der Waals surface area contributed by atoms with Crippen LogP contribution in [0.1, 0.15) is 9.67 Å². The number of para-hydroxylation sites is 1. The normalized spacial score (nSPS) is 10.3. The van der Waals surface area contributed by atoms with Gasteiger partial charge in [0.25, 0.3) is 0 Å². The van der Waals surface area contributed by atoms with Crippen LogP contribution in [0.25, 0.3) is 0 Å². The molecule has 104 valence electrons. The van der Waals surface area contributed by atoms with Gasteiger partial charge in [0.05, 0.1) is 14.8 Å². The van der Waals surface area contributed by atoms with E-state index in [4.69, 9.17) is 16.3 Å². The summed E-state index contributed by atoms with van der Waals surface area (Å²) in [6.07, 6.45) is 0. The van der Waals surface area contributed by atoms with Gasteiger partial charge in [-0.3, -0.25) is 14.9 Å². The van der Waals surface area contributed by atoms with Gasteiger partial charge in [0.2, 0.25) is 11.5 Å². The second-order valence-electron chi connectivity index (χ2n) is 3.65. The summed E-state index contributed by atoms with van der Waals surface area (Å²) in [5, 5.41) is 12.7. The molecule has 1 heterocycles. The van der Waals surface area contributed by atoms with E-state index >= 15 is 0 Å². The Hall–Kier alpha value is -1.44. The highest BCUT2D eigenvalue weighted by atomic mass is 79.9. The number of thiophene rings is 1. The molecule has 8 heteroatoms. The Morgan fingerprint density at radius 1 is 1.45 bits per heavy atom. The van der Waals surface area contributed by atoms with E-state index < -0.39 is 4.92 Å². The van der Waals surface area contributed by atoms with E-state index in [1.165, 1.54) is 29.5 Å². The summed E-state index contributed by atoms with van der Waals surface area (Å²) < 4.78 is 5.90. The van der Waals surface area contributed by atoms with Gasteiger partial charge >= 0.3 is 5.69 Å². The van der Waals surface area contributed by atoms with Crippen LogP contribution in [0.4, 0.5) is 5.69 Å². The van der Waals surface area contributed by atoms with Crippen LogP contribution in [0.3, 0.4) is 0 Å². The quantitative estimate of drug-likeness (QED) is 0.442. The van der Waals surface area contributed by atoms with Gasteiger partial charge in [-0.2, -0.15) is 0 Å². The lowest BCUT2D eigenvalue weighted by Crippen LogP contribution is -2.11. The van der Waals surface area contributed by atoms with Crippen molar-refractivity contribution >= 4 is 50.3 Å². The molecule has 1 aromatic heterocycles. The number of rotatable bonds is 5. The van der Waals surface area contributed by atoms with E-state index in [9.17, 15) is 14.9 Å². The zero-order valence-electron chi connectivity index (χ0n) is 9.84. The minimum Gasteiger partial charge on any atom is -0.477 e. The summed E-state index contributed by atoms with van der Waals surface area (Å²) in [4.78, 5) is 22.7. The molecule has 0 atom stereocenters. The molecule has 0 saturated heterocycles. The second-order valence-corrected chi connectivity index (χ2v) is 5.83. The number of nitro groups is 1. The van der Waals surface area contributed by atoms with Crippen molar-refractivity contribution in [3.05, 3.63) is 54.1 Å². The van der Waals surface area contributed by atoms with Gasteiger partial charge in [0, 0.05) is 10.5 Å². The van der Waals surface area contributed by atoms with E-state index in [0.29, 0.717) is 9.35 Å². The predicted octanol–water partition coefficient (Wildman–Crippen LogP) is 4.33. The molecule has 0 aliphatic heterocycles. The van der Waals surface area contributed by atoms with Crippen LogP contribution >= 0.6 is 38.9 Å². The third-order valence-electron chi connectivity index (χ3n) is 2.36. The highest BCUT2D eigenvalue weighted by molar-refractivity contribution is 9.10. The largest absolute Gasteiger partial charge is 0.477 e. The highest BCUT2D eigenvalue weighted by Gasteiger charge is 2.20. The lowest BCUT2D eigenvalue weighted by atomic mass is 10.3. The van der Waals surface area contributed by atoms with E-state index in [1.807, 2.05) is 0 Å². The average Bonchev–Trinajstić information content (AvgIpc) is 2.83. The van der Waals surface area contributed by atoms with E-state index in [1.54, 1.807) is 11.4 Å². The minimum atomic E-state index is -0.604. The van der Waals surface area contributed by atoms with Gasteiger partial charge in [-0.15, -0.1) is 11.3 Å². The van der Waals surface area contributed by atoms with Gasteiger partial charge in [-0.1, -0.05) is 17.7 Å². The molecule has 0 spiro atoms. The van der Waals surface area contributed by atoms with Gasteiger partial charge in [0.15, 0.2) is 6.61 Å². The van der Waals surface area contributed by atoms with Crippen molar-refractivity contribution in [1.82, 2.24) is 0 Å². The Kier molecular flexibility index (Phi) is 4.74. The summed E-state index contributed by atoms with van der Waals surface area (Å²) in [6.45, 7) is -0.316. The molecule has 20 heavy (non-hydrogen) atoms. The average molecular weight is 377 g/mol. The Morgan fingerprint density at radius 2 is 2.20 bits per heavy atom. The van der Waals surface area contributed by atoms with Crippen molar-refractivity contribution in [2.45, 2.75) is 0 Å². The summed E-state index contributed by atoms with van der Waals surface area (Å²) in [7, 11) is 0. The molecule has 0 bridgehead atoms. The van der Waals surface area contributed by atoms with Crippen molar-refractivity contribution in [2.24, 2.45) is 0 Å². The predicted molar refractivity (Wildman–Crippen MR) is 80.0 cm³/mol. The molecule has 0 N–H and O–H groups in total. The zero-order chi connectivity index (χ0) is 14.7. The molecule has 0 saturated carbocycles. The number of Topliss-reactive ketones (excluding diaryl/α,β-unsaturated/α-hetero) is 1. The first kappa shape index (κ1) is 15.0. The number of hydrogen-bond donors (Lipinski definition) is 0. The Bertz CT molecular complexity index is 673. The zero-order valence-corrected chi connectivity index (χ0v) is 13.0. The third-order valence-corrected chi connectivity index (χ3v) is 4.54. The first-order chi connectivity index (χ1) is 9.50.